The number of rotatable bonds is 9. The normalized spacial score (nSPS) is 16.3. The Labute approximate surface area is 178 Å². The van der Waals surface area contributed by atoms with Crippen molar-refractivity contribution in [1.29, 1.82) is 5.26 Å². The van der Waals surface area contributed by atoms with E-state index in [1.54, 1.807) is 12.1 Å². The van der Waals surface area contributed by atoms with E-state index in [4.69, 9.17) is 14.2 Å². The molecule has 7 heteroatoms. The van der Waals surface area contributed by atoms with Crippen molar-refractivity contribution in [3.05, 3.63) is 23.8 Å². The van der Waals surface area contributed by atoms with Crippen LogP contribution in [0.2, 0.25) is 0 Å². The van der Waals surface area contributed by atoms with Crippen molar-refractivity contribution in [2.45, 2.75) is 70.9 Å². The van der Waals surface area contributed by atoms with E-state index in [9.17, 15) is 14.9 Å². The third kappa shape index (κ3) is 6.38. The molecule has 1 unspecified atom stereocenters. The molecule has 1 aliphatic rings. The molecule has 1 aliphatic carbocycles. The monoisotopic (exact) mass is 416 g/mol. The van der Waals surface area contributed by atoms with E-state index >= 15 is 0 Å². The summed E-state index contributed by atoms with van der Waals surface area (Å²) in [5.41, 5.74) is -0.607. The van der Waals surface area contributed by atoms with Gasteiger partial charge in [0.15, 0.2) is 17.6 Å². The summed E-state index contributed by atoms with van der Waals surface area (Å²) in [6.45, 7) is 6.28. The second kappa shape index (κ2) is 10.9. The Kier molecular flexibility index (Phi) is 8.52. The molecule has 1 fully saturated rings. The minimum absolute atomic E-state index is 0.260. The number of amides is 1. The van der Waals surface area contributed by atoms with E-state index in [-0.39, 0.29) is 5.56 Å². The number of methoxy groups -OCH3 is 1. The molecule has 1 saturated carbocycles. The first kappa shape index (κ1) is 23.5. The van der Waals surface area contributed by atoms with Crippen LogP contribution in [0, 0.1) is 17.2 Å². The van der Waals surface area contributed by atoms with Crippen LogP contribution in [0.1, 0.15) is 69.7 Å². The Morgan fingerprint density at radius 3 is 2.47 bits per heavy atom. The highest BCUT2D eigenvalue weighted by atomic mass is 16.5. The number of nitriles is 1. The Hall–Kier alpha value is -2.75. The summed E-state index contributed by atoms with van der Waals surface area (Å²) >= 11 is 0. The van der Waals surface area contributed by atoms with Crippen molar-refractivity contribution in [3.8, 4) is 17.6 Å². The van der Waals surface area contributed by atoms with Gasteiger partial charge in [-0.05, 0) is 50.3 Å². The summed E-state index contributed by atoms with van der Waals surface area (Å²) in [5.74, 6) is 0.392. The summed E-state index contributed by atoms with van der Waals surface area (Å²) in [5, 5.41) is 12.3. The highest BCUT2D eigenvalue weighted by molar-refractivity contribution is 5.93. The van der Waals surface area contributed by atoms with Gasteiger partial charge in [0.05, 0.1) is 25.3 Å². The van der Waals surface area contributed by atoms with Gasteiger partial charge in [-0.25, -0.2) is 4.79 Å². The average molecular weight is 417 g/mol. The molecule has 0 heterocycles. The van der Waals surface area contributed by atoms with Crippen molar-refractivity contribution >= 4 is 11.9 Å². The Morgan fingerprint density at radius 2 is 1.87 bits per heavy atom. The van der Waals surface area contributed by atoms with E-state index in [2.05, 4.69) is 25.2 Å². The van der Waals surface area contributed by atoms with E-state index in [1.807, 2.05) is 0 Å². The lowest BCUT2D eigenvalue weighted by atomic mass is 9.83. The first-order valence-electron chi connectivity index (χ1n) is 10.6. The second-order valence-electron chi connectivity index (χ2n) is 8.19. The predicted molar refractivity (Wildman–Crippen MR) is 112 cm³/mol. The average Bonchev–Trinajstić information content (AvgIpc) is 2.74. The van der Waals surface area contributed by atoms with Gasteiger partial charge in [-0.3, -0.25) is 4.79 Å². The molecule has 2 rings (SSSR count). The van der Waals surface area contributed by atoms with Crippen molar-refractivity contribution < 1.29 is 23.8 Å². The molecule has 1 aromatic rings. The SMILES string of the molecule is COc1cc(C(=O)OC(C)C(=O)NC2(C#N)CCCCC2)ccc1OCCC(C)C. The van der Waals surface area contributed by atoms with E-state index in [0.717, 1.165) is 25.7 Å². The number of benzene rings is 1. The molecule has 0 aromatic heterocycles. The largest absolute Gasteiger partial charge is 0.493 e. The lowest BCUT2D eigenvalue weighted by Crippen LogP contribution is -2.52. The molecule has 1 aromatic carbocycles. The maximum atomic E-state index is 12.5. The van der Waals surface area contributed by atoms with Gasteiger partial charge in [0.1, 0.15) is 5.54 Å². The molecule has 0 spiro atoms. The van der Waals surface area contributed by atoms with Crippen LogP contribution >= 0.6 is 0 Å². The molecule has 0 bridgehead atoms. The zero-order valence-corrected chi connectivity index (χ0v) is 18.3. The maximum Gasteiger partial charge on any atom is 0.339 e. The fraction of sp³-hybridized carbons (Fsp3) is 0.609. The number of nitrogens with zero attached hydrogens (tertiary/aromatic N) is 1. The van der Waals surface area contributed by atoms with Gasteiger partial charge >= 0.3 is 5.97 Å². The van der Waals surface area contributed by atoms with Crippen LogP contribution in [0.4, 0.5) is 0 Å². The lowest BCUT2D eigenvalue weighted by Gasteiger charge is -2.32. The summed E-state index contributed by atoms with van der Waals surface area (Å²) in [6.07, 6.45) is 3.97. The van der Waals surface area contributed by atoms with Gasteiger partial charge < -0.3 is 19.5 Å². The molecule has 0 aliphatic heterocycles. The van der Waals surface area contributed by atoms with E-state index in [1.165, 1.54) is 20.1 Å². The summed E-state index contributed by atoms with van der Waals surface area (Å²) in [6, 6.07) is 7.01. The summed E-state index contributed by atoms with van der Waals surface area (Å²) in [7, 11) is 1.50. The molecule has 1 amide bonds. The van der Waals surface area contributed by atoms with Crippen LogP contribution in [-0.4, -0.2) is 37.2 Å². The van der Waals surface area contributed by atoms with Crippen molar-refractivity contribution in [2.75, 3.05) is 13.7 Å². The van der Waals surface area contributed by atoms with E-state index in [0.29, 0.717) is 36.9 Å². The van der Waals surface area contributed by atoms with Crippen molar-refractivity contribution in [1.82, 2.24) is 5.32 Å². The Morgan fingerprint density at radius 1 is 1.17 bits per heavy atom. The van der Waals surface area contributed by atoms with Crippen molar-refractivity contribution in [3.63, 3.8) is 0 Å². The third-order valence-electron chi connectivity index (χ3n) is 5.29. The van der Waals surface area contributed by atoms with Gasteiger partial charge in [0.2, 0.25) is 0 Å². The van der Waals surface area contributed by atoms with Crippen LogP contribution < -0.4 is 14.8 Å². The zero-order chi connectivity index (χ0) is 22.1. The van der Waals surface area contributed by atoms with Crippen LogP contribution in [0.15, 0.2) is 18.2 Å². The highest BCUT2D eigenvalue weighted by Gasteiger charge is 2.35. The minimum Gasteiger partial charge on any atom is -0.493 e. The fourth-order valence-electron chi connectivity index (χ4n) is 3.36. The highest BCUT2D eigenvalue weighted by Crippen LogP contribution is 2.29. The van der Waals surface area contributed by atoms with Gasteiger partial charge in [-0.15, -0.1) is 0 Å². The number of carbonyl (C=O) groups excluding carboxylic acids is 2. The molecule has 0 saturated heterocycles. The van der Waals surface area contributed by atoms with Gasteiger partial charge in [-0.1, -0.05) is 33.1 Å². The standard InChI is InChI=1S/C23H32N2O5/c1-16(2)10-13-29-19-9-8-18(14-20(19)28-4)22(27)30-17(3)21(26)25-23(15-24)11-6-5-7-12-23/h8-9,14,16-17H,5-7,10-13H2,1-4H3,(H,25,26). The molecule has 1 N–H and O–H groups in total. The summed E-state index contributed by atoms with van der Waals surface area (Å²) in [4.78, 5) is 25.0. The topological polar surface area (TPSA) is 97.6 Å². The number of carbonyl (C=O) groups is 2. The Bertz CT molecular complexity index is 778. The van der Waals surface area contributed by atoms with Gasteiger partial charge in [0.25, 0.3) is 5.91 Å². The Balaban J connectivity index is 1.98. The first-order chi connectivity index (χ1) is 14.3. The fourth-order valence-corrected chi connectivity index (χ4v) is 3.36. The maximum absolute atomic E-state index is 12.5. The minimum atomic E-state index is -1.02. The smallest absolute Gasteiger partial charge is 0.339 e. The van der Waals surface area contributed by atoms with E-state index < -0.39 is 23.5 Å². The van der Waals surface area contributed by atoms with Crippen LogP contribution in [0.25, 0.3) is 0 Å². The number of hydrogen-bond acceptors (Lipinski definition) is 6. The molecular weight excluding hydrogens is 384 g/mol. The summed E-state index contributed by atoms with van der Waals surface area (Å²) < 4.78 is 16.4. The molecule has 0 radical (unpaired) electrons. The number of hydrogen-bond donors (Lipinski definition) is 1. The molecule has 1 atom stereocenters. The molecule has 7 nitrogen and oxygen atoms in total. The van der Waals surface area contributed by atoms with Crippen LogP contribution in [0.5, 0.6) is 11.5 Å². The van der Waals surface area contributed by atoms with Gasteiger partial charge in [0, 0.05) is 0 Å². The number of ether oxygens (including phenoxy) is 3. The lowest BCUT2D eigenvalue weighted by molar-refractivity contribution is -0.130. The molecule has 164 valence electrons. The zero-order valence-electron chi connectivity index (χ0n) is 18.3. The quantitative estimate of drug-likeness (QED) is 0.611. The number of esters is 1. The molecular formula is C23H32N2O5. The molecule has 30 heavy (non-hydrogen) atoms. The second-order valence-corrected chi connectivity index (χ2v) is 8.19. The predicted octanol–water partition coefficient (Wildman–Crippen LogP) is 4.01. The third-order valence-corrected chi connectivity index (χ3v) is 5.29. The van der Waals surface area contributed by atoms with Gasteiger partial charge in [-0.2, -0.15) is 5.26 Å². The number of nitrogens with one attached hydrogen (secondary N) is 1. The van der Waals surface area contributed by atoms with Crippen molar-refractivity contribution in [2.24, 2.45) is 5.92 Å². The first-order valence-corrected chi connectivity index (χ1v) is 10.6. The van der Waals surface area contributed by atoms with Crippen LogP contribution in [-0.2, 0) is 9.53 Å². The van der Waals surface area contributed by atoms with Crippen LogP contribution in [0.3, 0.4) is 0 Å².